The van der Waals surface area contributed by atoms with E-state index in [1.54, 1.807) is 13.0 Å². The van der Waals surface area contributed by atoms with E-state index >= 15 is 0 Å². The Hall–Kier alpha value is -1.95. The molecule has 116 valence electrons. The predicted molar refractivity (Wildman–Crippen MR) is 92.2 cm³/mol. The zero-order valence-electron chi connectivity index (χ0n) is 12.9. The van der Waals surface area contributed by atoms with Crippen LogP contribution in [0.25, 0.3) is 0 Å². The molecule has 2 N–H and O–H groups in total. The second-order valence-corrected chi connectivity index (χ2v) is 5.93. The van der Waals surface area contributed by atoms with E-state index in [9.17, 15) is 4.79 Å². The molecule has 5 nitrogen and oxygen atoms in total. The van der Waals surface area contributed by atoms with Crippen LogP contribution in [0.5, 0.6) is 0 Å². The number of amides is 1. The molecule has 0 fully saturated rings. The number of para-hydroxylation sites is 1. The maximum atomic E-state index is 12.4. The number of nitrogens with zero attached hydrogens (tertiary/aromatic N) is 2. The Kier molecular flexibility index (Phi) is 5.49. The summed E-state index contributed by atoms with van der Waals surface area (Å²) in [4.78, 5) is 20.9. The van der Waals surface area contributed by atoms with Crippen molar-refractivity contribution in [3.8, 4) is 0 Å². The fraction of sp³-hybridized carbons (Fsp3) is 0.312. The van der Waals surface area contributed by atoms with Crippen LogP contribution in [0.3, 0.4) is 0 Å². The first kappa shape index (κ1) is 16.4. The molecular weight excluding hydrogens is 344 g/mol. The number of hydrogen-bond acceptors (Lipinski definition) is 4. The highest BCUT2D eigenvalue weighted by Gasteiger charge is 2.12. The molecule has 0 aliphatic rings. The minimum absolute atomic E-state index is 0.260. The van der Waals surface area contributed by atoms with Gasteiger partial charge < -0.3 is 10.6 Å². The van der Waals surface area contributed by atoms with Gasteiger partial charge in [0.25, 0.3) is 5.91 Å². The van der Waals surface area contributed by atoms with Gasteiger partial charge in [0.05, 0.1) is 5.69 Å². The Balaban J connectivity index is 2.21. The third-order valence-corrected chi connectivity index (χ3v) is 3.89. The van der Waals surface area contributed by atoms with Crippen molar-refractivity contribution in [3.05, 3.63) is 46.3 Å². The zero-order chi connectivity index (χ0) is 16.1. The van der Waals surface area contributed by atoms with Crippen LogP contribution in [0.1, 0.15) is 36.6 Å². The predicted octanol–water partition coefficient (Wildman–Crippen LogP) is 4.01. The number of aryl methyl sites for hydroxylation is 1. The highest BCUT2D eigenvalue weighted by atomic mass is 79.9. The summed E-state index contributed by atoms with van der Waals surface area (Å²) in [6, 6.07) is 9.41. The molecule has 0 aliphatic carbocycles. The van der Waals surface area contributed by atoms with Crippen LogP contribution in [-0.2, 0) is 0 Å². The first-order valence-electron chi connectivity index (χ1n) is 7.17. The van der Waals surface area contributed by atoms with Crippen molar-refractivity contribution >= 4 is 33.3 Å². The summed E-state index contributed by atoms with van der Waals surface area (Å²) in [7, 11) is 0. The molecule has 6 heteroatoms. The largest absolute Gasteiger partial charge is 0.368 e. The average molecular weight is 363 g/mol. The molecule has 1 heterocycles. The van der Waals surface area contributed by atoms with Gasteiger partial charge in [-0.2, -0.15) is 0 Å². The van der Waals surface area contributed by atoms with Crippen LogP contribution in [0.4, 0.5) is 11.5 Å². The number of carbonyl (C=O) groups is 1. The van der Waals surface area contributed by atoms with Gasteiger partial charge in [0.15, 0.2) is 0 Å². The monoisotopic (exact) mass is 362 g/mol. The van der Waals surface area contributed by atoms with Gasteiger partial charge in [-0.15, -0.1) is 0 Å². The summed E-state index contributed by atoms with van der Waals surface area (Å²) in [6.07, 6.45) is 0.974. The number of rotatable bonds is 5. The van der Waals surface area contributed by atoms with Crippen LogP contribution < -0.4 is 10.6 Å². The van der Waals surface area contributed by atoms with Crippen LogP contribution in [0.2, 0.25) is 0 Å². The Bertz CT molecular complexity index is 675. The number of halogens is 1. The summed E-state index contributed by atoms with van der Waals surface area (Å²) < 4.78 is 0.826. The van der Waals surface area contributed by atoms with E-state index in [1.165, 1.54) is 0 Å². The quantitative estimate of drug-likeness (QED) is 0.842. The van der Waals surface area contributed by atoms with Crippen molar-refractivity contribution < 1.29 is 4.79 Å². The highest BCUT2D eigenvalue weighted by Crippen LogP contribution is 2.22. The molecule has 0 saturated heterocycles. The Morgan fingerprint density at radius 1 is 1.32 bits per heavy atom. The van der Waals surface area contributed by atoms with E-state index < -0.39 is 0 Å². The van der Waals surface area contributed by atoms with E-state index in [2.05, 4.69) is 50.4 Å². The van der Waals surface area contributed by atoms with Crippen LogP contribution >= 0.6 is 15.9 Å². The van der Waals surface area contributed by atoms with Crippen molar-refractivity contribution in [1.29, 1.82) is 0 Å². The lowest BCUT2D eigenvalue weighted by molar-refractivity contribution is 0.102. The fourth-order valence-corrected chi connectivity index (χ4v) is 2.25. The summed E-state index contributed by atoms with van der Waals surface area (Å²) >= 11 is 3.41. The third kappa shape index (κ3) is 4.27. The molecule has 0 aliphatic heterocycles. The molecule has 22 heavy (non-hydrogen) atoms. The van der Waals surface area contributed by atoms with E-state index in [0.717, 1.165) is 10.9 Å². The topological polar surface area (TPSA) is 66.9 Å². The normalized spacial score (nSPS) is 11.8. The van der Waals surface area contributed by atoms with Crippen molar-refractivity contribution in [2.75, 3.05) is 10.6 Å². The maximum Gasteiger partial charge on any atom is 0.274 e. The van der Waals surface area contributed by atoms with Crippen molar-refractivity contribution in [2.45, 2.75) is 33.2 Å². The number of carbonyl (C=O) groups excluding carboxylic acids is 1. The lowest BCUT2D eigenvalue weighted by Crippen LogP contribution is -2.18. The van der Waals surface area contributed by atoms with Crippen molar-refractivity contribution in [1.82, 2.24) is 9.97 Å². The maximum absolute atomic E-state index is 12.4. The third-order valence-electron chi connectivity index (χ3n) is 3.20. The molecule has 1 unspecified atom stereocenters. The van der Waals surface area contributed by atoms with E-state index in [4.69, 9.17) is 0 Å². The number of aromatic nitrogens is 2. The van der Waals surface area contributed by atoms with E-state index in [-0.39, 0.29) is 11.9 Å². The molecule has 1 aromatic carbocycles. The SMILES string of the molecule is CCC(C)Nc1cc(C(=O)Nc2ccccc2Br)nc(C)n1. The minimum atomic E-state index is -0.260. The molecule has 0 radical (unpaired) electrons. The molecule has 2 aromatic rings. The highest BCUT2D eigenvalue weighted by molar-refractivity contribution is 9.10. The van der Waals surface area contributed by atoms with Crippen LogP contribution in [0.15, 0.2) is 34.8 Å². The molecular formula is C16H19BrN4O. The van der Waals surface area contributed by atoms with Gasteiger partial charge in [0.2, 0.25) is 0 Å². The van der Waals surface area contributed by atoms with Gasteiger partial charge in [-0.05, 0) is 48.3 Å². The van der Waals surface area contributed by atoms with Crippen molar-refractivity contribution in [3.63, 3.8) is 0 Å². The summed E-state index contributed by atoms with van der Waals surface area (Å²) in [5.74, 6) is 0.967. The Morgan fingerprint density at radius 2 is 2.05 bits per heavy atom. The minimum Gasteiger partial charge on any atom is -0.368 e. The molecule has 2 rings (SSSR count). The second kappa shape index (κ2) is 7.35. The first-order chi connectivity index (χ1) is 10.5. The molecule has 1 aromatic heterocycles. The lowest BCUT2D eigenvalue weighted by atomic mass is 10.2. The summed E-state index contributed by atoms with van der Waals surface area (Å²) in [6.45, 7) is 5.93. The number of hydrogen-bond donors (Lipinski definition) is 2. The standard InChI is InChI=1S/C16H19BrN4O/c1-4-10(2)18-15-9-14(19-11(3)20-15)16(22)21-13-8-6-5-7-12(13)17/h5-10H,4H2,1-3H3,(H,21,22)(H,18,19,20). The molecule has 0 bridgehead atoms. The van der Waals surface area contributed by atoms with Gasteiger partial charge in [-0.3, -0.25) is 4.79 Å². The van der Waals surface area contributed by atoms with Gasteiger partial charge in [0, 0.05) is 16.6 Å². The zero-order valence-corrected chi connectivity index (χ0v) is 14.4. The second-order valence-electron chi connectivity index (χ2n) is 5.07. The van der Waals surface area contributed by atoms with Crippen molar-refractivity contribution in [2.24, 2.45) is 0 Å². The first-order valence-corrected chi connectivity index (χ1v) is 7.97. The molecule has 1 atom stereocenters. The van der Waals surface area contributed by atoms with Gasteiger partial charge in [0.1, 0.15) is 17.3 Å². The fourth-order valence-electron chi connectivity index (χ4n) is 1.86. The Labute approximate surface area is 138 Å². The van der Waals surface area contributed by atoms with Crippen LogP contribution in [-0.4, -0.2) is 21.9 Å². The number of anilines is 2. The molecule has 0 saturated carbocycles. The summed E-state index contributed by atoms with van der Waals surface area (Å²) in [5.41, 5.74) is 1.05. The van der Waals surface area contributed by atoms with E-state index in [0.29, 0.717) is 23.0 Å². The lowest BCUT2D eigenvalue weighted by Gasteiger charge is -2.13. The van der Waals surface area contributed by atoms with Gasteiger partial charge in [-0.25, -0.2) is 9.97 Å². The Morgan fingerprint density at radius 3 is 2.73 bits per heavy atom. The number of nitrogens with one attached hydrogen (secondary N) is 2. The van der Waals surface area contributed by atoms with Crippen LogP contribution in [0, 0.1) is 6.92 Å². The van der Waals surface area contributed by atoms with Gasteiger partial charge >= 0.3 is 0 Å². The van der Waals surface area contributed by atoms with Gasteiger partial charge in [-0.1, -0.05) is 19.1 Å². The smallest absolute Gasteiger partial charge is 0.274 e. The summed E-state index contributed by atoms with van der Waals surface area (Å²) in [5, 5.41) is 6.11. The molecule has 1 amide bonds. The molecule has 0 spiro atoms. The number of benzene rings is 1. The average Bonchev–Trinajstić information content (AvgIpc) is 2.48. The van der Waals surface area contributed by atoms with E-state index in [1.807, 2.05) is 24.3 Å².